The molecule has 3 aromatic rings. The third-order valence-corrected chi connectivity index (χ3v) is 6.72. The van der Waals surface area contributed by atoms with Gasteiger partial charge >= 0.3 is 0 Å². The minimum atomic E-state index is -1.25. The first-order chi connectivity index (χ1) is 14.4. The van der Waals surface area contributed by atoms with Crippen LogP contribution < -0.4 is 14.8 Å². The van der Waals surface area contributed by atoms with Gasteiger partial charge in [-0.15, -0.1) is 5.10 Å². The summed E-state index contributed by atoms with van der Waals surface area (Å²) in [6.45, 7) is 3.62. The molecule has 0 aliphatic carbocycles. The summed E-state index contributed by atoms with van der Waals surface area (Å²) < 4.78 is 22.8. The molecular weight excluding hydrogens is 448 g/mol. The fourth-order valence-corrected chi connectivity index (χ4v) is 4.52. The van der Waals surface area contributed by atoms with Crippen molar-refractivity contribution >= 4 is 45.2 Å². The number of carbonyl (C=O) groups excluding carboxylic acids is 1. The largest absolute Gasteiger partial charge is 0.611 e. The number of aryl methyl sites for hydroxylation is 1. The molecule has 2 aromatic heterocycles. The summed E-state index contributed by atoms with van der Waals surface area (Å²) in [7, 11) is 2.98. The Bertz CT molecular complexity index is 1080. The molecule has 3 rings (SSSR count). The summed E-state index contributed by atoms with van der Waals surface area (Å²) in [4.78, 5) is 17.7. The number of benzene rings is 1. The molecule has 1 amide bonds. The van der Waals surface area contributed by atoms with Crippen molar-refractivity contribution in [1.82, 2.24) is 15.2 Å². The monoisotopic (exact) mass is 466 g/mol. The fraction of sp³-hybridized carbons (Fsp3) is 0.263. The summed E-state index contributed by atoms with van der Waals surface area (Å²) in [5, 5.41) is 11.3. The van der Waals surface area contributed by atoms with Gasteiger partial charge < -0.3 is 14.0 Å². The lowest BCUT2D eigenvalue weighted by molar-refractivity contribution is 0.102. The first-order valence-electron chi connectivity index (χ1n) is 8.79. The van der Waals surface area contributed by atoms with Crippen molar-refractivity contribution < 1.29 is 18.8 Å². The van der Waals surface area contributed by atoms with Crippen molar-refractivity contribution in [3.63, 3.8) is 0 Å². The van der Waals surface area contributed by atoms with Gasteiger partial charge in [-0.1, -0.05) is 16.7 Å². The van der Waals surface area contributed by atoms with Gasteiger partial charge in [0, 0.05) is 29.1 Å². The van der Waals surface area contributed by atoms with Crippen LogP contribution in [-0.2, 0) is 11.2 Å². The van der Waals surface area contributed by atoms with E-state index in [1.165, 1.54) is 20.4 Å². The Balaban J connectivity index is 2.07. The molecule has 158 valence electrons. The van der Waals surface area contributed by atoms with E-state index in [4.69, 9.17) is 21.1 Å². The fourth-order valence-electron chi connectivity index (χ4n) is 2.71. The van der Waals surface area contributed by atoms with Crippen LogP contribution in [0, 0.1) is 6.92 Å². The lowest BCUT2D eigenvalue weighted by atomic mass is 9.99. The minimum absolute atomic E-state index is 0.294. The third-order valence-electron chi connectivity index (χ3n) is 4.14. The average molecular weight is 467 g/mol. The van der Waals surface area contributed by atoms with E-state index in [1.54, 1.807) is 18.2 Å². The SMILES string of the molecule is CC[S@+]([O-])c1cc(OC)c(-c2cc(C)ncc2C(=O)Nc2nnc(OC)s2)cc1Cl. The van der Waals surface area contributed by atoms with Crippen LogP contribution in [0.1, 0.15) is 23.0 Å². The predicted molar refractivity (Wildman–Crippen MR) is 117 cm³/mol. The zero-order valence-corrected chi connectivity index (χ0v) is 19.1. The van der Waals surface area contributed by atoms with Crippen LogP contribution in [0.25, 0.3) is 11.1 Å². The molecule has 0 bridgehead atoms. The molecular formula is C19H19ClN4O4S2. The topological polar surface area (TPSA) is 109 Å². The highest BCUT2D eigenvalue weighted by atomic mass is 35.5. The number of nitrogens with zero attached hydrogens (tertiary/aromatic N) is 3. The average Bonchev–Trinajstić information content (AvgIpc) is 3.20. The molecule has 8 nitrogen and oxygen atoms in total. The number of nitrogens with one attached hydrogen (secondary N) is 1. The van der Waals surface area contributed by atoms with E-state index in [1.807, 2.05) is 13.8 Å². The standard InChI is InChI=1S/C19H19ClN4O4S2/c1-5-30(26)16-8-15(27-3)12(7-14(16)20)11-6-10(2)21-9-13(11)17(25)22-18-23-24-19(28-4)29-18/h6-9H,5H2,1-4H3,(H,22,23,25)/t30-/m0/s1. The summed E-state index contributed by atoms with van der Waals surface area (Å²) in [6.07, 6.45) is 1.48. The number of methoxy groups -OCH3 is 2. The summed E-state index contributed by atoms with van der Waals surface area (Å²) in [5.41, 5.74) is 2.17. The maximum absolute atomic E-state index is 12.9. The van der Waals surface area contributed by atoms with Crippen LogP contribution in [0.3, 0.4) is 0 Å². The number of hydrogen-bond donors (Lipinski definition) is 1. The molecule has 11 heteroatoms. The highest BCUT2D eigenvalue weighted by molar-refractivity contribution is 7.91. The van der Waals surface area contributed by atoms with E-state index >= 15 is 0 Å². The highest BCUT2D eigenvalue weighted by Crippen LogP contribution is 2.39. The molecule has 1 N–H and O–H groups in total. The molecule has 0 unspecified atom stereocenters. The molecule has 30 heavy (non-hydrogen) atoms. The van der Waals surface area contributed by atoms with E-state index in [0.717, 1.165) is 11.3 Å². The van der Waals surface area contributed by atoms with Crippen molar-refractivity contribution in [2.75, 3.05) is 25.3 Å². The Morgan fingerprint density at radius 1 is 1.23 bits per heavy atom. The minimum Gasteiger partial charge on any atom is -0.611 e. The number of rotatable bonds is 7. The van der Waals surface area contributed by atoms with Gasteiger partial charge in [-0.25, -0.2) is 0 Å². The van der Waals surface area contributed by atoms with Crippen molar-refractivity contribution in [3.05, 3.63) is 40.7 Å². The first-order valence-corrected chi connectivity index (χ1v) is 11.3. The molecule has 2 heterocycles. The van der Waals surface area contributed by atoms with E-state index in [9.17, 15) is 9.35 Å². The molecule has 0 aliphatic rings. The number of hydrogen-bond acceptors (Lipinski definition) is 8. The Morgan fingerprint density at radius 3 is 2.63 bits per heavy atom. The van der Waals surface area contributed by atoms with Gasteiger partial charge in [0.25, 0.3) is 11.1 Å². The van der Waals surface area contributed by atoms with Crippen LogP contribution in [0.4, 0.5) is 5.13 Å². The smallest absolute Gasteiger partial charge is 0.295 e. The van der Waals surface area contributed by atoms with Crippen LogP contribution >= 0.6 is 22.9 Å². The van der Waals surface area contributed by atoms with Crippen LogP contribution in [-0.4, -0.2) is 45.6 Å². The van der Waals surface area contributed by atoms with Gasteiger partial charge in [-0.05, 0) is 48.5 Å². The molecule has 1 aromatic carbocycles. The van der Waals surface area contributed by atoms with Crippen molar-refractivity contribution in [3.8, 4) is 22.1 Å². The van der Waals surface area contributed by atoms with Gasteiger partial charge in [-0.3, -0.25) is 15.1 Å². The lowest BCUT2D eigenvalue weighted by Crippen LogP contribution is -2.14. The summed E-state index contributed by atoms with van der Waals surface area (Å²) >= 11 is 6.26. The van der Waals surface area contributed by atoms with Gasteiger partial charge in [0.15, 0.2) is 4.90 Å². The molecule has 0 saturated heterocycles. The van der Waals surface area contributed by atoms with Crippen molar-refractivity contribution in [1.29, 1.82) is 0 Å². The van der Waals surface area contributed by atoms with E-state index in [2.05, 4.69) is 20.5 Å². The zero-order valence-electron chi connectivity index (χ0n) is 16.7. The van der Waals surface area contributed by atoms with Crippen LogP contribution in [0.5, 0.6) is 10.9 Å². The maximum Gasteiger partial charge on any atom is 0.295 e. The van der Waals surface area contributed by atoms with Crippen molar-refractivity contribution in [2.45, 2.75) is 18.7 Å². The normalized spacial score (nSPS) is 11.8. The van der Waals surface area contributed by atoms with Crippen molar-refractivity contribution in [2.24, 2.45) is 0 Å². The molecule has 1 atom stereocenters. The van der Waals surface area contributed by atoms with Gasteiger partial charge in [0.1, 0.15) is 11.5 Å². The Hall–Kier alpha value is -2.40. The number of pyridine rings is 1. The van der Waals surface area contributed by atoms with Gasteiger partial charge in [-0.2, -0.15) is 0 Å². The first kappa shape index (κ1) is 22.3. The second kappa shape index (κ2) is 9.61. The molecule has 0 fully saturated rings. The van der Waals surface area contributed by atoms with E-state index in [0.29, 0.717) is 54.1 Å². The summed E-state index contributed by atoms with van der Waals surface area (Å²) in [5.74, 6) is 0.458. The molecule has 0 spiro atoms. The number of anilines is 1. The second-order valence-corrected chi connectivity index (χ2v) is 9.08. The third kappa shape index (κ3) is 4.67. The van der Waals surface area contributed by atoms with Gasteiger partial charge in [0.2, 0.25) is 5.13 Å². The van der Waals surface area contributed by atoms with Crippen LogP contribution in [0.2, 0.25) is 5.02 Å². The number of halogens is 1. The molecule has 0 saturated carbocycles. The Morgan fingerprint density at radius 2 is 2.00 bits per heavy atom. The lowest BCUT2D eigenvalue weighted by Gasteiger charge is -2.16. The number of carbonyl (C=O) groups is 1. The number of ether oxygens (including phenoxy) is 2. The van der Waals surface area contributed by atoms with E-state index in [-0.39, 0.29) is 0 Å². The second-order valence-electron chi connectivity index (χ2n) is 6.02. The predicted octanol–water partition coefficient (Wildman–Crippen LogP) is 3.96. The molecule has 0 radical (unpaired) electrons. The van der Waals surface area contributed by atoms with Gasteiger partial charge in [0.05, 0.1) is 24.8 Å². The summed E-state index contributed by atoms with van der Waals surface area (Å²) in [6, 6.07) is 5.06. The Kier molecular flexibility index (Phi) is 7.14. The molecule has 0 aliphatic heterocycles. The number of aromatic nitrogens is 3. The van der Waals surface area contributed by atoms with Crippen LogP contribution in [0.15, 0.2) is 29.3 Å². The van der Waals surface area contributed by atoms with E-state index < -0.39 is 17.1 Å². The maximum atomic E-state index is 12.9. The number of amides is 1. The Labute approximate surface area is 185 Å². The zero-order chi connectivity index (χ0) is 21.8. The quantitative estimate of drug-likeness (QED) is 0.525. The highest BCUT2D eigenvalue weighted by Gasteiger charge is 2.23.